The second-order valence-electron chi connectivity index (χ2n) is 7.17. The van der Waals surface area contributed by atoms with Crippen molar-refractivity contribution in [2.24, 2.45) is 10.1 Å². The summed E-state index contributed by atoms with van der Waals surface area (Å²) in [5.74, 6) is -0.0711. The Morgan fingerprint density at radius 2 is 2.00 bits per heavy atom. The topological polar surface area (TPSA) is 121 Å². The molecule has 0 atom stereocenters. The van der Waals surface area contributed by atoms with Crippen LogP contribution < -0.4 is 0 Å². The molecule has 0 bridgehead atoms. The molecule has 3 aromatic rings. The fourth-order valence-corrected chi connectivity index (χ4v) is 4.19. The molecule has 1 amide bonds. The Morgan fingerprint density at radius 1 is 1.18 bits per heavy atom. The zero-order valence-corrected chi connectivity index (χ0v) is 18.7. The van der Waals surface area contributed by atoms with Crippen molar-refractivity contribution in [2.45, 2.75) is 6.92 Å². The van der Waals surface area contributed by atoms with Gasteiger partial charge in [0.15, 0.2) is 5.84 Å². The summed E-state index contributed by atoms with van der Waals surface area (Å²) in [5.41, 5.74) is 2.05. The third-order valence-electron chi connectivity index (χ3n) is 4.96. The van der Waals surface area contributed by atoms with E-state index >= 15 is 0 Å². The number of amidine groups is 2. The third kappa shape index (κ3) is 4.06. The van der Waals surface area contributed by atoms with Gasteiger partial charge in [0.2, 0.25) is 5.17 Å². The number of nitrogens with zero attached hydrogens (tertiary/aromatic N) is 4. The molecule has 0 spiro atoms. The summed E-state index contributed by atoms with van der Waals surface area (Å²) in [7, 11) is 0. The maximum atomic E-state index is 12.6. The van der Waals surface area contributed by atoms with Gasteiger partial charge in [0.1, 0.15) is 16.6 Å². The Hall–Kier alpha value is -4.31. The molecule has 0 unspecified atom stereocenters. The van der Waals surface area contributed by atoms with Gasteiger partial charge >= 0.3 is 5.97 Å². The Kier molecular flexibility index (Phi) is 5.64. The molecule has 168 valence electrons. The van der Waals surface area contributed by atoms with E-state index in [1.165, 1.54) is 22.8 Å². The molecule has 0 saturated heterocycles. The van der Waals surface area contributed by atoms with E-state index in [4.69, 9.17) is 14.6 Å². The largest absolute Gasteiger partial charge is 0.462 e. The van der Waals surface area contributed by atoms with Crippen molar-refractivity contribution in [3.8, 4) is 11.3 Å². The summed E-state index contributed by atoms with van der Waals surface area (Å²) < 4.78 is 10.9. The predicted molar refractivity (Wildman–Crippen MR) is 128 cm³/mol. The van der Waals surface area contributed by atoms with Crippen LogP contribution in [-0.4, -0.2) is 44.5 Å². The van der Waals surface area contributed by atoms with Gasteiger partial charge in [-0.3, -0.25) is 15.2 Å². The quantitative estimate of drug-likeness (QED) is 0.437. The van der Waals surface area contributed by atoms with Crippen molar-refractivity contribution >= 4 is 45.8 Å². The molecule has 4 heterocycles. The Morgan fingerprint density at radius 3 is 2.74 bits per heavy atom. The zero-order valence-electron chi connectivity index (χ0n) is 17.9. The number of hydrazone groups is 1. The second kappa shape index (κ2) is 8.91. The number of aliphatic imine (C=N–C) groups is 1. The van der Waals surface area contributed by atoms with E-state index in [1.807, 2.05) is 6.07 Å². The van der Waals surface area contributed by atoms with E-state index in [9.17, 15) is 9.59 Å². The van der Waals surface area contributed by atoms with Crippen molar-refractivity contribution in [1.82, 2.24) is 9.99 Å². The number of ether oxygens (including phenoxy) is 1. The number of furan rings is 1. The second-order valence-corrected chi connectivity index (χ2v) is 8.12. The summed E-state index contributed by atoms with van der Waals surface area (Å²) in [5, 5.41) is 15.2. The van der Waals surface area contributed by atoms with E-state index < -0.39 is 5.91 Å². The standard InChI is InChI=1S/C24H17N5O4S/c1-2-32-23(31)15-7-5-14(6-8-15)19-10-9-17(33-19)12-18-20(25)29-24(27-21(18)30)34-22(28-29)16-4-3-11-26-13-16/h3-13,25H,2H2,1H3. The molecule has 0 fully saturated rings. The van der Waals surface area contributed by atoms with Gasteiger partial charge in [0.05, 0.1) is 17.7 Å². The number of amides is 1. The molecule has 34 heavy (non-hydrogen) atoms. The van der Waals surface area contributed by atoms with Gasteiger partial charge in [-0.1, -0.05) is 12.1 Å². The van der Waals surface area contributed by atoms with Crippen LogP contribution in [0, 0.1) is 5.41 Å². The lowest BCUT2D eigenvalue weighted by atomic mass is 10.1. The minimum Gasteiger partial charge on any atom is -0.462 e. The first kappa shape index (κ1) is 21.5. The van der Waals surface area contributed by atoms with Gasteiger partial charge in [-0.2, -0.15) is 15.1 Å². The molecule has 2 aliphatic rings. The molecule has 2 aliphatic heterocycles. The van der Waals surface area contributed by atoms with E-state index in [-0.39, 0.29) is 17.4 Å². The average molecular weight is 471 g/mol. The van der Waals surface area contributed by atoms with Crippen LogP contribution in [0.4, 0.5) is 0 Å². The molecule has 5 rings (SSSR count). The first-order chi connectivity index (χ1) is 16.5. The van der Waals surface area contributed by atoms with Crippen LogP contribution in [0.2, 0.25) is 0 Å². The van der Waals surface area contributed by atoms with Gasteiger partial charge in [0.25, 0.3) is 5.91 Å². The van der Waals surface area contributed by atoms with E-state index in [0.717, 1.165) is 11.1 Å². The van der Waals surface area contributed by atoms with Crippen LogP contribution >= 0.6 is 11.8 Å². The molecule has 9 nitrogen and oxygen atoms in total. The van der Waals surface area contributed by atoms with E-state index in [1.54, 1.807) is 61.8 Å². The van der Waals surface area contributed by atoms with Crippen molar-refractivity contribution < 1.29 is 18.7 Å². The highest BCUT2D eigenvalue weighted by molar-refractivity contribution is 8.27. The summed E-state index contributed by atoms with van der Waals surface area (Å²) >= 11 is 1.21. The fourth-order valence-electron chi connectivity index (χ4n) is 3.31. The summed E-state index contributed by atoms with van der Waals surface area (Å²) in [6, 6.07) is 13.9. The smallest absolute Gasteiger partial charge is 0.338 e. The zero-order chi connectivity index (χ0) is 23.7. The Labute approximate surface area is 198 Å². The maximum Gasteiger partial charge on any atom is 0.338 e. The molecule has 0 saturated carbocycles. The monoisotopic (exact) mass is 471 g/mol. The van der Waals surface area contributed by atoms with Crippen LogP contribution in [-0.2, 0) is 9.53 Å². The molecule has 0 aliphatic carbocycles. The van der Waals surface area contributed by atoms with Crippen molar-refractivity contribution in [1.29, 1.82) is 5.41 Å². The molecule has 1 aromatic carbocycles. The van der Waals surface area contributed by atoms with E-state index in [2.05, 4.69) is 15.1 Å². The van der Waals surface area contributed by atoms with Crippen LogP contribution in [0.5, 0.6) is 0 Å². The number of carbonyl (C=O) groups is 2. The number of benzene rings is 1. The van der Waals surface area contributed by atoms with Crippen molar-refractivity contribution in [3.63, 3.8) is 0 Å². The molecule has 0 radical (unpaired) electrons. The summed E-state index contributed by atoms with van der Waals surface area (Å²) in [6.45, 7) is 2.06. The minimum absolute atomic E-state index is 0.0686. The SMILES string of the molecule is CCOC(=O)c1ccc(-c2ccc(C=C3C(=N)N4N=C(c5cccnc5)SC4=NC3=O)o2)cc1. The van der Waals surface area contributed by atoms with Crippen molar-refractivity contribution in [3.05, 3.63) is 83.4 Å². The van der Waals surface area contributed by atoms with Gasteiger partial charge in [-0.25, -0.2) is 4.79 Å². The highest BCUT2D eigenvalue weighted by atomic mass is 32.2. The lowest BCUT2D eigenvalue weighted by Crippen LogP contribution is -2.35. The molecule has 10 heteroatoms. The first-order valence-corrected chi connectivity index (χ1v) is 11.1. The van der Waals surface area contributed by atoms with Crippen LogP contribution in [0.15, 0.2) is 81.0 Å². The first-order valence-electron chi connectivity index (χ1n) is 10.3. The Balaban J connectivity index is 1.38. The fraction of sp³-hybridized carbons (Fsp3) is 0.0833. The minimum atomic E-state index is -0.539. The normalized spacial score (nSPS) is 16.4. The van der Waals surface area contributed by atoms with Gasteiger partial charge in [0, 0.05) is 23.5 Å². The van der Waals surface area contributed by atoms with E-state index in [0.29, 0.717) is 33.9 Å². The number of rotatable bonds is 5. The number of hydrogen-bond donors (Lipinski definition) is 1. The highest BCUT2D eigenvalue weighted by Gasteiger charge is 2.36. The molecule has 1 N–H and O–H groups in total. The lowest BCUT2D eigenvalue weighted by molar-refractivity contribution is -0.114. The number of hydrogen-bond acceptors (Lipinski definition) is 8. The number of fused-ring (bicyclic) bond motifs is 1. The number of esters is 1. The predicted octanol–water partition coefficient (Wildman–Crippen LogP) is 4.19. The lowest BCUT2D eigenvalue weighted by Gasteiger charge is -2.19. The van der Waals surface area contributed by atoms with Gasteiger partial charge < -0.3 is 9.15 Å². The maximum absolute atomic E-state index is 12.6. The average Bonchev–Trinajstić information content (AvgIpc) is 3.50. The molecule has 2 aromatic heterocycles. The number of pyridine rings is 1. The number of nitrogens with one attached hydrogen (secondary N) is 1. The molecular weight excluding hydrogens is 454 g/mol. The van der Waals surface area contributed by atoms with Crippen LogP contribution in [0.25, 0.3) is 17.4 Å². The third-order valence-corrected chi connectivity index (χ3v) is 5.91. The molecular formula is C24H17N5O4S. The summed E-state index contributed by atoms with van der Waals surface area (Å²) in [4.78, 5) is 32.6. The number of thioether (sulfide) groups is 1. The van der Waals surface area contributed by atoms with Crippen LogP contribution in [0.3, 0.4) is 0 Å². The van der Waals surface area contributed by atoms with Gasteiger partial charge in [-0.05, 0) is 61.2 Å². The number of aromatic nitrogens is 1. The van der Waals surface area contributed by atoms with Crippen LogP contribution in [0.1, 0.15) is 28.6 Å². The van der Waals surface area contributed by atoms with Crippen molar-refractivity contribution in [2.75, 3.05) is 6.61 Å². The van der Waals surface area contributed by atoms with Gasteiger partial charge in [-0.15, -0.1) is 0 Å². The summed E-state index contributed by atoms with van der Waals surface area (Å²) in [6.07, 6.45) is 4.80. The number of carbonyl (C=O) groups excluding carboxylic acids is 2. The highest BCUT2D eigenvalue weighted by Crippen LogP contribution is 2.31. The Bertz CT molecular complexity index is 1390.